The maximum absolute atomic E-state index is 11.9. The number of nitrogens with zero attached hydrogens (tertiary/aromatic N) is 2. The fraction of sp³-hybridized carbons (Fsp3) is 0.400. The lowest BCUT2D eigenvalue weighted by Crippen LogP contribution is -2.42. The Kier molecular flexibility index (Phi) is 5.37. The van der Waals surface area contributed by atoms with Crippen LogP contribution in [-0.4, -0.2) is 54.7 Å². The number of morpholine rings is 1. The number of hydrogen-bond acceptors (Lipinski definition) is 7. The van der Waals surface area contributed by atoms with Gasteiger partial charge in [-0.2, -0.15) is 0 Å². The predicted molar refractivity (Wildman–Crippen MR) is 87.5 cm³/mol. The summed E-state index contributed by atoms with van der Waals surface area (Å²) in [5.74, 6) is -0.617. The first-order valence-electron chi connectivity index (χ1n) is 7.22. The van der Waals surface area contributed by atoms with Gasteiger partial charge in [0.15, 0.2) is 6.61 Å². The van der Waals surface area contributed by atoms with Crippen molar-refractivity contribution in [3.63, 3.8) is 0 Å². The number of esters is 1. The number of amides is 1. The maximum atomic E-state index is 11.9. The molecular formula is C15H16N2O4S2. The monoisotopic (exact) mass is 352 g/mol. The largest absolute Gasteiger partial charge is 0.455 e. The smallest absolute Gasteiger partial charge is 0.312 e. The van der Waals surface area contributed by atoms with Crippen LogP contribution in [0.2, 0.25) is 0 Å². The van der Waals surface area contributed by atoms with Gasteiger partial charge in [-0.1, -0.05) is 6.07 Å². The maximum Gasteiger partial charge on any atom is 0.312 e. The van der Waals surface area contributed by atoms with Crippen molar-refractivity contribution in [1.82, 2.24) is 9.88 Å². The van der Waals surface area contributed by atoms with Crippen molar-refractivity contribution in [2.45, 2.75) is 6.42 Å². The van der Waals surface area contributed by atoms with Gasteiger partial charge in [0, 0.05) is 18.5 Å². The van der Waals surface area contributed by atoms with E-state index in [9.17, 15) is 9.59 Å². The van der Waals surface area contributed by atoms with Crippen LogP contribution in [0.25, 0.3) is 9.88 Å². The summed E-state index contributed by atoms with van der Waals surface area (Å²) in [7, 11) is 0. The molecule has 1 fully saturated rings. The molecular weight excluding hydrogens is 336 g/mol. The Morgan fingerprint density at radius 1 is 1.30 bits per heavy atom. The Hall–Kier alpha value is -1.77. The van der Waals surface area contributed by atoms with Gasteiger partial charge in [0.2, 0.25) is 0 Å². The van der Waals surface area contributed by atoms with Crippen molar-refractivity contribution in [1.29, 1.82) is 0 Å². The number of thiophene rings is 1. The summed E-state index contributed by atoms with van der Waals surface area (Å²) in [5.41, 5.74) is 0.669. The van der Waals surface area contributed by atoms with Crippen LogP contribution in [-0.2, 0) is 25.5 Å². The highest BCUT2D eigenvalue weighted by Gasteiger charge is 2.18. The molecule has 0 radical (unpaired) electrons. The van der Waals surface area contributed by atoms with Gasteiger partial charge in [0.05, 0.1) is 30.2 Å². The number of aromatic nitrogens is 1. The van der Waals surface area contributed by atoms with E-state index in [1.165, 1.54) is 11.3 Å². The van der Waals surface area contributed by atoms with E-state index in [2.05, 4.69) is 4.98 Å². The molecule has 0 spiro atoms. The van der Waals surface area contributed by atoms with Crippen molar-refractivity contribution in [3.8, 4) is 9.88 Å². The SMILES string of the molecule is O=C(Cc1csc(-c2cccs2)n1)OCC(=O)N1CCOCC1. The van der Waals surface area contributed by atoms with Gasteiger partial charge in [0.1, 0.15) is 5.01 Å². The zero-order valence-electron chi connectivity index (χ0n) is 12.4. The quantitative estimate of drug-likeness (QED) is 0.768. The Labute approximate surface area is 141 Å². The van der Waals surface area contributed by atoms with Crippen LogP contribution in [0.3, 0.4) is 0 Å². The molecule has 1 saturated heterocycles. The van der Waals surface area contributed by atoms with E-state index < -0.39 is 5.97 Å². The van der Waals surface area contributed by atoms with E-state index >= 15 is 0 Å². The second kappa shape index (κ2) is 7.67. The first-order valence-corrected chi connectivity index (χ1v) is 8.98. The second-order valence-corrected chi connectivity index (χ2v) is 6.76. The number of hydrogen-bond donors (Lipinski definition) is 0. The normalized spacial score (nSPS) is 14.7. The minimum Gasteiger partial charge on any atom is -0.455 e. The van der Waals surface area contributed by atoms with Gasteiger partial charge >= 0.3 is 5.97 Å². The molecule has 1 aliphatic heterocycles. The topological polar surface area (TPSA) is 68.7 Å². The Morgan fingerprint density at radius 3 is 2.87 bits per heavy atom. The molecule has 122 valence electrons. The molecule has 2 aromatic heterocycles. The van der Waals surface area contributed by atoms with Crippen molar-refractivity contribution in [2.24, 2.45) is 0 Å². The third kappa shape index (κ3) is 4.37. The molecule has 0 unspecified atom stereocenters. The van der Waals surface area contributed by atoms with E-state index in [0.717, 1.165) is 9.88 Å². The molecule has 3 heterocycles. The minimum atomic E-state index is -0.436. The highest BCUT2D eigenvalue weighted by atomic mass is 32.1. The summed E-state index contributed by atoms with van der Waals surface area (Å²) >= 11 is 3.11. The summed E-state index contributed by atoms with van der Waals surface area (Å²) in [4.78, 5) is 30.9. The number of thiazole rings is 1. The van der Waals surface area contributed by atoms with Crippen molar-refractivity contribution in [2.75, 3.05) is 32.9 Å². The summed E-state index contributed by atoms with van der Waals surface area (Å²) in [6, 6.07) is 3.96. The third-order valence-electron chi connectivity index (χ3n) is 3.33. The van der Waals surface area contributed by atoms with Crippen molar-refractivity contribution >= 4 is 34.6 Å². The molecule has 2 aromatic rings. The van der Waals surface area contributed by atoms with Gasteiger partial charge in [-0.15, -0.1) is 22.7 Å². The molecule has 23 heavy (non-hydrogen) atoms. The van der Waals surface area contributed by atoms with E-state index in [0.29, 0.717) is 32.0 Å². The van der Waals surface area contributed by atoms with Crippen LogP contribution in [0, 0.1) is 0 Å². The lowest BCUT2D eigenvalue weighted by Gasteiger charge is -2.26. The summed E-state index contributed by atoms with van der Waals surface area (Å²) in [6.07, 6.45) is 0.0816. The molecule has 0 aliphatic carbocycles. The minimum absolute atomic E-state index is 0.0816. The van der Waals surface area contributed by atoms with Gasteiger partial charge in [-0.25, -0.2) is 4.98 Å². The fourth-order valence-electron chi connectivity index (χ4n) is 2.15. The van der Waals surface area contributed by atoms with Crippen molar-refractivity contribution in [3.05, 3.63) is 28.6 Å². The van der Waals surface area contributed by atoms with Gasteiger partial charge in [0.25, 0.3) is 5.91 Å². The average molecular weight is 352 g/mol. The molecule has 1 aliphatic rings. The Morgan fingerprint density at radius 2 is 2.13 bits per heavy atom. The van der Waals surface area contributed by atoms with Crippen molar-refractivity contribution < 1.29 is 19.1 Å². The zero-order valence-corrected chi connectivity index (χ0v) is 14.0. The number of carbonyl (C=O) groups is 2. The van der Waals surface area contributed by atoms with Gasteiger partial charge in [-0.3, -0.25) is 9.59 Å². The molecule has 3 rings (SSSR count). The Bertz CT molecular complexity index is 663. The van der Waals surface area contributed by atoms with Gasteiger partial charge in [-0.05, 0) is 11.4 Å². The highest BCUT2D eigenvalue weighted by molar-refractivity contribution is 7.20. The molecule has 1 amide bonds. The first-order chi connectivity index (χ1) is 11.2. The highest BCUT2D eigenvalue weighted by Crippen LogP contribution is 2.27. The van der Waals surface area contributed by atoms with E-state index in [1.807, 2.05) is 22.9 Å². The third-order valence-corrected chi connectivity index (χ3v) is 5.26. The summed E-state index contributed by atoms with van der Waals surface area (Å²) in [5, 5.41) is 4.73. The van der Waals surface area contributed by atoms with Crippen LogP contribution < -0.4 is 0 Å². The van der Waals surface area contributed by atoms with Crippen LogP contribution >= 0.6 is 22.7 Å². The van der Waals surface area contributed by atoms with Crippen LogP contribution in [0.4, 0.5) is 0 Å². The number of carbonyl (C=O) groups excluding carboxylic acids is 2. The Balaban J connectivity index is 1.47. The summed E-state index contributed by atoms with van der Waals surface area (Å²) in [6.45, 7) is 1.94. The number of rotatable bonds is 5. The lowest BCUT2D eigenvalue weighted by molar-refractivity contribution is -0.153. The molecule has 6 nitrogen and oxygen atoms in total. The molecule has 0 aromatic carbocycles. The number of ether oxygens (including phenoxy) is 2. The molecule has 0 atom stereocenters. The summed E-state index contributed by atoms with van der Waals surface area (Å²) < 4.78 is 10.2. The molecule has 0 N–H and O–H groups in total. The molecule has 0 bridgehead atoms. The standard InChI is InChI=1S/C15H16N2O4S2/c18-13(17-3-5-20-6-4-17)9-21-14(19)8-11-10-23-15(16-11)12-2-1-7-22-12/h1-2,7,10H,3-6,8-9H2. The van der Waals surface area contributed by atoms with Crippen LogP contribution in [0.15, 0.2) is 22.9 Å². The van der Waals surface area contributed by atoms with Crippen LogP contribution in [0.5, 0.6) is 0 Å². The molecule has 0 saturated carbocycles. The van der Waals surface area contributed by atoms with E-state index in [4.69, 9.17) is 9.47 Å². The fourth-order valence-corrected chi connectivity index (χ4v) is 3.78. The average Bonchev–Trinajstić information content (AvgIpc) is 3.24. The van der Waals surface area contributed by atoms with E-state index in [-0.39, 0.29) is 18.9 Å². The predicted octanol–water partition coefficient (Wildman–Crippen LogP) is 1.82. The molecule has 8 heteroatoms. The van der Waals surface area contributed by atoms with Gasteiger partial charge < -0.3 is 14.4 Å². The second-order valence-electron chi connectivity index (χ2n) is 4.95. The lowest BCUT2D eigenvalue weighted by atomic mass is 10.3. The first kappa shape index (κ1) is 16.1. The van der Waals surface area contributed by atoms with E-state index in [1.54, 1.807) is 16.2 Å². The zero-order chi connectivity index (χ0) is 16.1. The van der Waals surface area contributed by atoms with Crippen LogP contribution in [0.1, 0.15) is 5.69 Å².